The molecule has 144 valence electrons. The first-order valence-corrected chi connectivity index (χ1v) is 9.79. The van der Waals surface area contributed by atoms with E-state index in [1.807, 2.05) is 11.0 Å². The summed E-state index contributed by atoms with van der Waals surface area (Å²) in [4.78, 5) is 29.5. The van der Waals surface area contributed by atoms with Crippen LogP contribution in [0.25, 0.3) is 0 Å². The molecule has 1 aromatic carbocycles. The molecule has 0 saturated carbocycles. The van der Waals surface area contributed by atoms with Gasteiger partial charge in [0.15, 0.2) is 0 Å². The number of unbranched alkanes of at least 4 members (excludes halogenated alkanes) is 2. The number of carbonyl (C=O) groups is 2. The molecular formula is C21H33N3O2. The fourth-order valence-corrected chi connectivity index (χ4v) is 3.24. The molecule has 1 aromatic rings. The highest BCUT2D eigenvalue weighted by Crippen LogP contribution is 2.21. The van der Waals surface area contributed by atoms with E-state index in [2.05, 4.69) is 41.4 Å². The minimum Gasteiger partial charge on any atom is -0.355 e. The summed E-state index contributed by atoms with van der Waals surface area (Å²) in [6.45, 7) is 10.2. The molecule has 5 heteroatoms. The van der Waals surface area contributed by atoms with Crippen LogP contribution >= 0.6 is 0 Å². The molecule has 0 bridgehead atoms. The monoisotopic (exact) mass is 359 g/mol. The van der Waals surface area contributed by atoms with Crippen molar-refractivity contribution in [2.75, 3.05) is 32.7 Å². The standard InChI is InChI=1S/C21H33N3O2/c1-4-5-9-12-22-19(25)21(2,3)20(26)24-15-13-23(14-16-24)17-18-10-7-6-8-11-18/h6-8,10-11H,4-5,9,12-17H2,1-3H3,(H,22,25). The molecule has 5 nitrogen and oxygen atoms in total. The molecule has 1 aliphatic heterocycles. The van der Waals surface area contributed by atoms with Crippen molar-refractivity contribution in [3.8, 4) is 0 Å². The summed E-state index contributed by atoms with van der Waals surface area (Å²) in [5.74, 6) is -0.227. The molecule has 0 aliphatic carbocycles. The summed E-state index contributed by atoms with van der Waals surface area (Å²) in [6, 6.07) is 10.4. The van der Waals surface area contributed by atoms with Gasteiger partial charge in [0.2, 0.25) is 11.8 Å². The van der Waals surface area contributed by atoms with Crippen LogP contribution in [0.5, 0.6) is 0 Å². The van der Waals surface area contributed by atoms with Crippen molar-refractivity contribution in [1.29, 1.82) is 0 Å². The van der Waals surface area contributed by atoms with Crippen molar-refractivity contribution in [3.63, 3.8) is 0 Å². The predicted molar refractivity (Wildman–Crippen MR) is 105 cm³/mol. The highest BCUT2D eigenvalue weighted by Gasteiger charge is 2.39. The third-order valence-corrected chi connectivity index (χ3v) is 5.08. The van der Waals surface area contributed by atoms with Gasteiger partial charge in [-0.05, 0) is 25.8 Å². The molecule has 1 fully saturated rings. The third-order valence-electron chi connectivity index (χ3n) is 5.08. The molecule has 1 N–H and O–H groups in total. The molecule has 0 spiro atoms. The second kappa shape index (κ2) is 9.72. The van der Waals surface area contributed by atoms with E-state index >= 15 is 0 Å². The lowest BCUT2D eigenvalue weighted by atomic mass is 9.90. The molecule has 1 saturated heterocycles. The molecule has 0 atom stereocenters. The Bertz CT molecular complexity index is 578. The lowest BCUT2D eigenvalue weighted by Crippen LogP contribution is -2.55. The Morgan fingerprint density at radius 3 is 2.31 bits per heavy atom. The van der Waals surface area contributed by atoms with Gasteiger partial charge in [0.05, 0.1) is 0 Å². The largest absolute Gasteiger partial charge is 0.355 e. The third kappa shape index (κ3) is 5.56. The first-order valence-electron chi connectivity index (χ1n) is 9.79. The zero-order valence-corrected chi connectivity index (χ0v) is 16.5. The highest BCUT2D eigenvalue weighted by molar-refractivity contribution is 6.04. The number of benzene rings is 1. The summed E-state index contributed by atoms with van der Waals surface area (Å²) >= 11 is 0. The molecule has 2 rings (SSSR count). The normalized spacial score (nSPS) is 15.7. The second-order valence-electron chi connectivity index (χ2n) is 7.64. The van der Waals surface area contributed by atoms with Crippen LogP contribution in [0.4, 0.5) is 0 Å². The molecule has 1 aliphatic rings. The average Bonchev–Trinajstić information content (AvgIpc) is 2.66. The van der Waals surface area contributed by atoms with E-state index in [1.165, 1.54) is 5.56 Å². The van der Waals surface area contributed by atoms with Gasteiger partial charge >= 0.3 is 0 Å². The van der Waals surface area contributed by atoms with Gasteiger partial charge in [-0.1, -0.05) is 50.1 Å². The summed E-state index contributed by atoms with van der Waals surface area (Å²) in [5, 5.41) is 2.92. The maximum atomic E-state index is 12.9. The first kappa shape index (κ1) is 20.4. The second-order valence-corrected chi connectivity index (χ2v) is 7.64. The molecule has 0 aromatic heterocycles. The van der Waals surface area contributed by atoms with E-state index in [9.17, 15) is 9.59 Å². The van der Waals surface area contributed by atoms with Gasteiger partial charge in [0.1, 0.15) is 5.41 Å². The maximum absolute atomic E-state index is 12.9. The summed E-state index contributed by atoms with van der Waals surface area (Å²) in [7, 11) is 0. The summed E-state index contributed by atoms with van der Waals surface area (Å²) in [5.41, 5.74) is 0.285. The van der Waals surface area contributed by atoms with Gasteiger partial charge in [-0.15, -0.1) is 0 Å². The topological polar surface area (TPSA) is 52.7 Å². The number of carbonyl (C=O) groups excluding carboxylic acids is 2. The van der Waals surface area contributed by atoms with Crippen LogP contribution < -0.4 is 5.32 Å². The quantitative estimate of drug-likeness (QED) is 0.573. The zero-order valence-electron chi connectivity index (χ0n) is 16.5. The minimum absolute atomic E-state index is 0.0650. The van der Waals surface area contributed by atoms with E-state index < -0.39 is 5.41 Å². The molecule has 1 heterocycles. The number of amides is 2. The van der Waals surface area contributed by atoms with Gasteiger partial charge in [-0.2, -0.15) is 0 Å². The van der Waals surface area contributed by atoms with Crippen LogP contribution in [-0.4, -0.2) is 54.3 Å². The van der Waals surface area contributed by atoms with Crippen molar-refractivity contribution in [2.45, 2.75) is 46.6 Å². The average molecular weight is 360 g/mol. The maximum Gasteiger partial charge on any atom is 0.237 e. The molecule has 26 heavy (non-hydrogen) atoms. The van der Waals surface area contributed by atoms with Crippen LogP contribution in [0, 0.1) is 5.41 Å². The molecule has 0 unspecified atom stereocenters. The Kier molecular flexibility index (Phi) is 7.64. The van der Waals surface area contributed by atoms with Gasteiger partial charge in [0, 0.05) is 39.3 Å². The number of piperazine rings is 1. The molecule has 2 amide bonds. The molecule has 0 radical (unpaired) electrons. The zero-order chi connectivity index (χ0) is 19.0. The number of rotatable bonds is 8. The van der Waals surface area contributed by atoms with E-state index in [4.69, 9.17) is 0 Å². The van der Waals surface area contributed by atoms with E-state index in [0.717, 1.165) is 38.9 Å². The Balaban J connectivity index is 1.81. The fourth-order valence-electron chi connectivity index (χ4n) is 3.24. The van der Waals surface area contributed by atoms with Crippen LogP contribution in [0.1, 0.15) is 45.6 Å². The van der Waals surface area contributed by atoms with Crippen molar-refractivity contribution >= 4 is 11.8 Å². The van der Waals surface area contributed by atoms with E-state index in [0.29, 0.717) is 19.6 Å². The van der Waals surface area contributed by atoms with Crippen molar-refractivity contribution < 1.29 is 9.59 Å². The summed E-state index contributed by atoms with van der Waals surface area (Å²) < 4.78 is 0. The number of nitrogens with zero attached hydrogens (tertiary/aromatic N) is 2. The predicted octanol–water partition coefficient (Wildman–Crippen LogP) is 2.66. The minimum atomic E-state index is -1.01. The van der Waals surface area contributed by atoms with Gasteiger partial charge in [-0.25, -0.2) is 0 Å². The Labute approximate surface area is 157 Å². The van der Waals surface area contributed by atoms with E-state index in [-0.39, 0.29) is 11.8 Å². The van der Waals surface area contributed by atoms with Gasteiger partial charge in [-0.3, -0.25) is 14.5 Å². The number of hydrogen-bond donors (Lipinski definition) is 1. The van der Waals surface area contributed by atoms with Crippen LogP contribution in [0.15, 0.2) is 30.3 Å². The first-order chi connectivity index (χ1) is 12.4. The SMILES string of the molecule is CCCCCNC(=O)C(C)(C)C(=O)N1CCN(Cc2ccccc2)CC1. The van der Waals surface area contributed by atoms with Crippen molar-refractivity contribution in [1.82, 2.24) is 15.1 Å². The van der Waals surface area contributed by atoms with Crippen LogP contribution in [0.3, 0.4) is 0 Å². The smallest absolute Gasteiger partial charge is 0.237 e. The Morgan fingerprint density at radius 2 is 1.69 bits per heavy atom. The van der Waals surface area contributed by atoms with Crippen molar-refractivity contribution in [3.05, 3.63) is 35.9 Å². The van der Waals surface area contributed by atoms with Crippen LogP contribution in [-0.2, 0) is 16.1 Å². The van der Waals surface area contributed by atoms with Crippen LogP contribution in [0.2, 0.25) is 0 Å². The van der Waals surface area contributed by atoms with Crippen molar-refractivity contribution in [2.24, 2.45) is 5.41 Å². The summed E-state index contributed by atoms with van der Waals surface area (Å²) in [6.07, 6.45) is 3.17. The Morgan fingerprint density at radius 1 is 1.04 bits per heavy atom. The number of nitrogens with one attached hydrogen (secondary N) is 1. The Hall–Kier alpha value is -1.88. The highest BCUT2D eigenvalue weighted by atomic mass is 16.2. The van der Waals surface area contributed by atoms with Gasteiger partial charge < -0.3 is 10.2 Å². The van der Waals surface area contributed by atoms with Gasteiger partial charge in [0.25, 0.3) is 0 Å². The van der Waals surface area contributed by atoms with E-state index in [1.54, 1.807) is 13.8 Å². The molecular weight excluding hydrogens is 326 g/mol. The lowest BCUT2D eigenvalue weighted by molar-refractivity contribution is -0.149. The lowest BCUT2D eigenvalue weighted by Gasteiger charge is -2.38. The fraction of sp³-hybridized carbons (Fsp3) is 0.619. The number of hydrogen-bond acceptors (Lipinski definition) is 3.